The molecule has 0 aliphatic heterocycles. The zero-order chi connectivity index (χ0) is 15.9. The molecule has 0 heterocycles. The molecule has 0 aromatic heterocycles. The molecule has 21 heavy (non-hydrogen) atoms. The second kappa shape index (κ2) is 13.5. The molecule has 120 valence electrons. The minimum atomic E-state index is -1.52. The lowest BCUT2D eigenvalue weighted by Gasteiger charge is -2.22. The summed E-state index contributed by atoms with van der Waals surface area (Å²) in [5.74, 6) is 0. The monoisotopic (exact) mass is 303 g/mol. The summed E-state index contributed by atoms with van der Waals surface area (Å²) < 4.78 is 10.2. The van der Waals surface area contributed by atoms with Gasteiger partial charge in [0.05, 0.1) is 6.61 Å². The lowest BCUT2D eigenvalue weighted by molar-refractivity contribution is -0.211. The van der Waals surface area contributed by atoms with E-state index in [4.69, 9.17) is 20.1 Å². The van der Waals surface area contributed by atoms with Crippen LogP contribution in [0.3, 0.4) is 0 Å². The molecule has 3 atom stereocenters. The van der Waals surface area contributed by atoms with Crippen molar-refractivity contribution in [2.45, 2.75) is 44.2 Å². The molecular formula is C12H21N3O6. The highest BCUT2D eigenvalue weighted by Gasteiger charge is 2.23. The van der Waals surface area contributed by atoms with Crippen molar-refractivity contribution in [1.29, 1.82) is 0 Å². The van der Waals surface area contributed by atoms with E-state index in [1.165, 1.54) is 0 Å². The highest BCUT2D eigenvalue weighted by molar-refractivity contribution is 5.57. The topological polar surface area (TPSA) is 142 Å². The van der Waals surface area contributed by atoms with Crippen LogP contribution < -0.4 is 0 Å². The number of aldehydes is 2. The first-order valence-electron chi connectivity index (χ1n) is 6.67. The smallest absolute Gasteiger partial charge is 0.191 e. The van der Waals surface area contributed by atoms with Crippen LogP contribution in [0.4, 0.5) is 0 Å². The molecule has 9 heteroatoms. The molecule has 0 fully saturated rings. The second-order valence-corrected chi connectivity index (χ2v) is 4.23. The third-order valence-electron chi connectivity index (χ3n) is 2.56. The number of carbonyl (C=O) groups excluding carboxylic acids is 2. The highest BCUT2D eigenvalue weighted by Crippen LogP contribution is 2.07. The van der Waals surface area contributed by atoms with Crippen molar-refractivity contribution in [1.82, 2.24) is 0 Å². The Kier molecular flexibility index (Phi) is 12.5. The van der Waals surface area contributed by atoms with Crippen LogP contribution in [0.2, 0.25) is 0 Å². The standard InChI is InChI=1S/C12H21N3O6/c13-15-14-5-3-1-2-4-6-20-12(11(19)9-18)21-10(7-16)8-17/h7,9-12,17,19H,1-6,8H2. The summed E-state index contributed by atoms with van der Waals surface area (Å²) in [6, 6.07) is 0. The first-order valence-corrected chi connectivity index (χ1v) is 6.67. The Morgan fingerprint density at radius 2 is 1.90 bits per heavy atom. The van der Waals surface area contributed by atoms with Gasteiger partial charge in [-0.3, -0.25) is 0 Å². The van der Waals surface area contributed by atoms with Crippen LogP contribution in [0.1, 0.15) is 25.7 Å². The molecular weight excluding hydrogens is 282 g/mol. The van der Waals surface area contributed by atoms with Gasteiger partial charge in [-0.05, 0) is 18.4 Å². The number of ether oxygens (including phenoxy) is 2. The largest absolute Gasteiger partial charge is 0.393 e. The predicted octanol–water partition coefficient (Wildman–Crippen LogP) is 0.336. The SMILES string of the molecule is [N-]=[N+]=NCCCCCCOC(OC(C=O)CO)C(O)C=O. The van der Waals surface area contributed by atoms with E-state index in [1.807, 2.05) is 0 Å². The van der Waals surface area contributed by atoms with Crippen molar-refractivity contribution in [2.24, 2.45) is 5.11 Å². The van der Waals surface area contributed by atoms with E-state index in [-0.39, 0.29) is 12.9 Å². The van der Waals surface area contributed by atoms with E-state index in [9.17, 15) is 14.7 Å². The summed E-state index contributed by atoms with van der Waals surface area (Å²) >= 11 is 0. The fourth-order valence-electron chi connectivity index (χ4n) is 1.46. The molecule has 0 spiro atoms. The summed E-state index contributed by atoms with van der Waals surface area (Å²) in [6.45, 7) is 0.118. The van der Waals surface area contributed by atoms with Gasteiger partial charge in [0, 0.05) is 18.1 Å². The van der Waals surface area contributed by atoms with Crippen LogP contribution in [-0.2, 0) is 19.1 Å². The summed E-state index contributed by atoms with van der Waals surface area (Å²) in [5, 5.41) is 21.6. The summed E-state index contributed by atoms with van der Waals surface area (Å²) in [7, 11) is 0. The third kappa shape index (κ3) is 9.94. The maximum absolute atomic E-state index is 10.5. The van der Waals surface area contributed by atoms with E-state index in [0.717, 1.165) is 19.3 Å². The Morgan fingerprint density at radius 1 is 1.19 bits per heavy atom. The van der Waals surface area contributed by atoms with Gasteiger partial charge < -0.3 is 29.3 Å². The molecule has 0 aromatic rings. The van der Waals surface area contributed by atoms with Gasteiger partial charge in [-0.2, -0.15) is 0 Å². The minimum Gasteiger partial charge on any atom is -0.393 e. The molecule has 0 aliphatic rings. The Bertz CT molecular complexity index is 335. The van der Waals surface area contributed by atoms with Gasteiger partial charge in [-0.25, -0.2) is 0 Å². The van der Waals surface area contributed by atoms with Crippen LogP contribution in [0.15, 0.2) is 5.11 Å². The Morgan fingerprint density at radius 3 is 2.48 bits per heavy atom. The number of hydrogen-bond acceptors (Lipinski definition) is 7. The minimum absolute atomic E-state index is 0.230. The lowest BCUT2D eigenvalue weighted by Crippen LogP contribution is -2.38. The van der Waals surface area contributed by atoms with E-state index in [0.29, 0.717) is 19.3 Å². The molecule has 0 aromatic carbocycles. The molecule has 0 bridgehead atoms. The van der Waals surface area contributed by atoms with E-state index in [1.54, 1.807) is 0 Å². The van der Waals surface area contributed by atoms with Gasteiger partial charge in [0.2, 0.25) is 0 Å². The molecule has 0 amide bonds. The van der Waals surface area contributed by atoms with Crippen molar-refractivity contribution >= 4 is 12.6 Å². The maximum Gasteiger partial charge on any atom is 0.191 e. The number of carbonyl (C=O) groups is 2. The predicted molar refractivity (Wildman–Crippen MR) is 72.3 cm³/mol. The fourth-order valence-corrected chi connectivity index (χ4v) is 1.46. The number of hydrogen-bond donors (Lipinski definition) is 2. The molecule has 3 unspecified atom stereocenters. The number of azide groups is 1. The van der Waals surface area contributed by atoms with Crippen molar-refractivity contribution in [3.8, 4) is 0 Å². The van der Waals surface area contributed by atoms with Gasteiger partial charge >= 0.3 is 0 Å². The summed E-state index contributed by atoms with van der Waals surface area (Å²) in [6.07, 6.45) is -0.233. The average molecular weight is 303 g/mol. The average Bonchev–Trinajstić information content (AvgIpc) is 2.52. The van der Waals surface area contributed by atoms with Crippen LogP contribution in [0.5, 0.6) is 0 Å². The number of unbranched alkanes of at least 4 members (excludes halogenated alkanes) is 3. The van der Waals surface area contributed by atoms with Crippen molar-refractivity contribution in [3.63, 3.8) is 0 Å². The van der Waals surface area contributed by atoms with Crippen molar-refractivity contribution in [2.75, 3.05) is 19.8 Å². The van der Waals surface area contributed by atoms with Gasteiger partial charge in [-0.15, -0.1) is 0 Å². The summed E-state index contributed by atoms with van der Waals surface area (Å²) in [4.78, 5) is 23.7. The highest BCUT2D eigenvalue weighted by atomic mass is 16.7. The summed E-state index contributed by atoms with van der Waals surface area (Å²) in [5.41, 5.74) is 8.09. The van der Waals surface area contributed by atoms with E-state index < -0.39 is 25.1 Å². The lowest BCUT2D eigenvalue weighted by atomic mass is 10.2. The zero-order valence-corrected chi connectivity index (χ0v) is 11.7. The Balaban J connectivity index is 3.93. The van der Waals surface area contributed by atoms with Crippen molar-refractivity contribution < 1.29 is 29.3 Å². The van der Waals surface area contributed by atoms with Crippen LogP contribution >= 0.6 is 0 Å². The number of rotatable bonds is 14. The number of nitrogens with zero attached hydrogens (tertiary/aromatic N) is 3. The second-order valence-electron chi connectivity index (χ2n) is 4.23. The fraction of sp³-hybridized carbons (Fsp3) is 0.833. The van der Waals surface area contributed by atoms with Gasteiger partial charge in [0.25, 0.3) is 0 Å². The molecule has 9 nitrogen and oxygen atoms in total. The van der Waals surface area contributed by atoms with Crippen LogP contribution in [0.25, 0.3) is 10.4 Å². The molecule has 0 radical (unpaired) electrons. The third-order valence-corrected chi connectivity index (χ3v) is 2.56. The van der Waals surface area contributed by atoms with E-state index in [2.05, 4.69) is 10.0 Å². The normalized spacial score (nSPS) is 14.8. The van der Waals surface area contributed by atoms with Crippen LogP contribution in [-0.4, -0.2) is 61.0 Å². The molecule has 0 saturated heterocycles. The quantitative estimate of drug-likeness (QED) is 0.118. The first kappa shape index (κ1) is 19.5. The van der Waals surface area contributed by atoms with E-state index >= 15 is 0 Å². The molecule has 0 saturated carbocycles. The molecule has 0 rings (SSSR count). The Labute approximate surface area is 122 Å². The number of aliphatic hydroxyl groups excluding tert-OH is 2. The van der Waals surface area contributed by atoms with Crippen molar-refractivity contribution in [3.05, 3.63) is 10.4 Å². The number of aliphatic hydroxyl groups is 2. The van der Waals surface area contributed by atoms with Gasteiger partial charge in [0.1, 0.15) is 6.10 Å². The first-order chi connectivity index (χ1) is 10.2. The molecule has 2 N–H and O–H groups in total. The zero-order valence-electron chi connectivity index (χ0n) is 11.7. The van der Waals surface area contributed by atoms with Crippen LogP contribution in [0, 0.1) is 0 Å². The molecule has 0 aliphatic carbocycles. The maximum atomic E-state index is 10.5. The Hall–Kier alpha value is -1.51. The van der Waals surface area contributed by atoms with Gasteiger partial charge in [0.15, 0.2) is 25.0 Å². The van der Waals surface area contributed by atoms with Gasteiger partial charge in [-0.1, -0.05) is 18.0 Å².